The Kier molecular flexibility index (Phi) is 31.5. The molecule has 19 heteroatoms. The molecular formula is C56H90N3O14P2+. The lowest BCUT2D eigenvalue weighted by Gasteiger charge is -2.39. The van der Waals surface area contributed by atoms with E-state index in [1.54, 1.807) is 24.3 Å². The number of phosphoric acid groups is 2. The largest absolute Gasteiger partial charge is 0.484 e. The number of nitrogens with zero attached hydrogens (tertiary/aromatic N) is 2. The van der Waals surface area contributed by atoms with E-state index in [1.807, 2.05) is 0 Å². The summed E-state index contributed by atoms with van der Waals surface area (Å²) >= 11 is 0. The van der Waals surface area contributed by atoms with E-state index in [0.717, 1.165) is 68.8 Å². The number of aromatic nitrogens is 2. The van der Waals surface area contributed by atoms with Crippen molar-refractivity contribution in [1.82, 2.24) is 9.55 Å². The molecule has 1 unspecified atom stereocenters. The first-order valence-corrected chi connectivity index (χ1v) is 30.7. The van der Waals surface area contributed by atoms with Crippen LogP contribution in [0.25, 0.3) is 0 Å². The quantitative estimate of drug-likeness (QED) is 0.0137. The molecule has 17 nitrogen and oxygen atoms in total. The van der Waals surface area contributed by atoms with Crippen LogP contribution in [0.3, 0.4) is 0 Å². The molecule has 1 aliphatic rings. The molecule has 2 N–H and O–H groups in total. The second-order valence-corrected chi connectivity index (χ2v) is 22.7. The predicted molar refractivity (Wildman–Crippen MR) is 293 cm³/mol. The molecule has 0 aliphatic carbocycles. The molecule has 2 heterocycles. The smallest absolute Gasteiger partial charge is 0.427 e. The third kappa shape index (κ3) is 26.3. The maximum atomic E-state index is 13.9. The molecule has 2 aromatic carbocycles. The van der Waals surface area contributed by atoms with Gasteiger partial charge in [0.2, 0.25) is 0 Å². The Hall–Kier alpha value is -4.02. The highest BCUT2D eigenvalue weighted by atomic mass is 31.3. The van der Waals surface area contributed by atoms with Gasteiger partial charge in [-0.25, -0.2) is 13.9 Å². The number of hydrogen-bond donors (Lipinski definition) is 2. The van der Waals surface area contributed by atoms with Crippen molar-refractivity contribution in [2.75, 3.05) is 32.8 Å². The summed E-state index contributed by atoms with van der Waals surface area (Å²) in [4.78, 5) is 61.4. The van der Waals surface area contributed by atoms with Crippen LogP contribution in [0.5, 0.6) is 11.5 Å². The zero-order chi connectivity index (χ0) is 55.0. The lowest BCUT2D eigenvalue weighted by Crippen LogP contribution is -2.50. The van der Waals surface area contributed by atoms with Gasteiger partial charge in [-0.3, -0.25) is 37.5 Å². The molecule has 1 aliphatic heterocycles. The topological polar surface area (TPSA) is 208 Å². The molecule has 4 rings (SSSR count). The molecule has 0 fully saturated rings. The second kappa shape index (κ2) is 36.1. The maximum absolute atomic E-state index is 13.9. The number of ether oxygens (including phenoxy) is 3. The standard InChI is InChI=1S/C40H54N2O14P2.C16H36N/c1-4-6-8-10-12-14-37(43)54-33-20-16-31(17-21-33)27-51-58(49,52-28-32-18-22-34(23-19-32)55-38(44)15-13-11-9-7-5-2)56-57(47,48)50-29-35-24-25-36(53-35)42-26-30(3)39(45)41-40(42)46;1-5-9-13-17(14-10-6-2,15-11-7-3)16-12-8-4/h16-26,35-36H,4-15,27-29H2,1-3H3,(H,47,48)(H,41,45,46);5-16H2,1-4H3/q;+1/t35-,36+;/m0./s1. The molecule has 0 amide bonds. The Morgan fingerprint density at radius 3 is 1.47 bits per heavy atom. The van der Waals surface area contributed by atoms with E-state index in [-0.39, 0.29) is 17.5 Å². The van der Waals surface area contributed by atoms with Gasteiger partial charge in [-0.15, -0.1) is 0 Å². The highest BCUT2D eigenvalue weighted by Crippen LogP contribution is 2.64. The summed E-state index contributed by atoms with van der Waals surface area (Å²) < 4.78 is 67.3. The van der Waals surface area contributed by atoms with Gasteiger partial charge >= 0.3 is 33.3 Å². The highest BCUT2D eigenvalue weighted by Gasteiger charge is 2.39. The summed E-state index contributed by atoms with van der Waals surface area (Å²) in [5.41, 5.74) is -0.101. The third-order valence-corrected chi connectivity index (χ3v) is 15.8. The minimum absolute atomic E-state index is 0.270. The lowest BCUT2D eigenvalue weighted by atomic mass is 10.1. The number of phosphoric ester groups is 2. The fraction of sp³-hybridized carbons (Fsp3) is 0.643. The number of esters is 2. The fourth-order valence-corrected chi connectivity index (χ4v) is 10.9. The van der Waals surface area contributed by atoms with Crippen molar-refractivity contribution in [3.05, 3.63) is 104 Å². The van der Waals surface area contributed by atoms with Gasteiger partial charge in [-0.2, -0.15) is 4.31 Å². The SMILES string of the molecule is CCCCCCCC(=O)Oc1ccc(COP(=O)(OCc2ccc(OC(=O)CCCCCCC)cc2)OP(=O)(O)OC[C@@H]2C=C[C@H](n3cc(C)c(=O)[nH]c3=O)O2)cc1.CCCC[N+](CCCC)(CCCC)CCCC. The normalized spacial score (nSPS) is 15.3. The van der Waals surface area contributed by atoms with E-state index in [1.165, 1.54) is 132 Å². The highest BCUT2D eigenvalue weighted by molar-refractivity contribution is 7.61. The van der Waals surface area contributed by atoms with Crippen LogP contribution < -0.4 is 20.7 Å². The molecule has 422 valence electrons. The van der Waals surface area contributed by atoms with Crippen molar-refractivity contribution in [3.8, 4) is 11.5 Å². The lowest BCUT2D eigenvalue weighted by molar-refractivity contribution is -0.929. The molecule has 75 heavy (non-hydrogen) atoms. The number of aryl methyl sites for hydroxylation is 1. The van der Waals surface area contributed by atoms with E-state index in [4.69, 9.17) is 32.1 Å². The van der Waals surface area contributed by atoms with E-state index in [9.17, 15) is 33.2 Å². The van der Waals surface area contributed by atoms with E-state index in [2.05, 4.69) is 46.5 Å². The molecule has 3 atom stereocenters. The van der Waals surface area contributed by atoms with Crippen molar-refractivity contribution >= 4 is 27.6 Å². The van der Waals surface area contributed by atoms with Crippen LogP contribution in [-0.2, 0) is 54.6 Å². The summed E-state index contributed by atoms with van der Waals surface area (Å²) in [5, 5.41) is 0. The molecular weight excluding hydrogens is 1000 g/mol. The Balaban J connectivity index is 0.000000744. The number of carbonyl (C=O) groups excluding carboxylic acids is 2. The van der Waals surface area contributed by atoms with Gasteiger partial charge in [0.05, 0.1) is 46.0 Å². The summed E-state index contributed by atoms with van der Waals surface area (Å²) in [5.74, 6) is -0.107. The number of quaternary nitrogens is 1. The summed E-state index contributed by atoms with van der Waals surface area (Å²) in [6.45, 7) is 19.4. The van der Waals surface area contributed by atoms with Gasteiger partial charge in [0.25, 0.3) is 5.56 Å². The number of unbranched alkanes of at least 4 members (excludes halogenated alkanes) is 12. The molecule has 0 bridgehead atoms. The minimum atomic E-state index is -5.16. The Morgan fingerprint density at radius 2 is 1.04 bits per heavy atom. The molecule has 0 spiro atoms. The van der Waals surface area contributed by atoms with Crippen LogP contribution in [0, 0.1) is 6.92 Å². The minimum Gasteiger partial charge on any atom is -0.427 e. The number of benzene rings is 2. The number of hydrogen-bond acceptors (Lipinski definition) is 13. The zero-order valence-corrected chi connectivity index (χ0v) is 47.9. The van der Waals surface area contributed by atoms with Gasteiger partial charge in [0.15, 0.2) is 6.23 Å². The van der Waals surface area contributed by atoms with Gasteiger partial charge in [0.1, 0.15) is 17.6 Å². The van der Waals surface area contributed by atoms with Crippen molar-refractivity contribution in [1.29, 1.82) is 0 Å². The van der Waals surface area contributed by atoms with Gasteiger partial charge < -0.3 is 23.6 Å². The van der Waals surface area contributed by atoms with Crippen molar-refractivity contribution in [2.45, 2.75) is 202 Å². The van der Waals surface area contributed by atoms with Crippen LogP contribution in [0.15, 0.2) is 76.5 Å². The van der Waals surface area contributed by atoms with E-state index in [0.29, 0.717) is 35.5 Å². The fourth-order valence-electron chi connectivity index (χ4n) is 8.29. The Labute approximate surface area is 446 Å². The number of carbonyl (C=O) groups is 2. The second-order valence-electron chi connectivity index (χ2n) is 19.5. The van der Waals surface area contributed by atoms with Crippen molar-refractivity contribution in [2.24, 2.45) is 0 Å². The summed E-state index contributed by atoms with van der Waals surface area (Å²) in [6, 6.07) is 12.4. The van der Waals surface area contributed by atoms with E-state index < -0.39 is 59.0 Å². The van der Waals surface area contributed by atoms with Gasteiger partial charge in [-0.1, -0.05) is 149 Å². The maximum Gasteiger partial charge on any atom is 0.484 e. The van der Waals surface area contributed by atoms with E-state index >= 15 is 0 Å². The zero-order valence-electron chi connectivity index (χ0n) is 46.1. The molecule has 3 aromatic rings. The molecule has 0 saturated heterocycles. The van der Waals surface area contributed by atoms with Crippen LogP contribution >= 0.6 is 15.6 Å². The first-order valence-electron chi connectivity index (χ1n) is 27.7. The number of H-pyrrole nitrogens is 1. The van der Waals surface area contributed by atoms with Crippen LogP contribution in [-0.4, -0.2) is 69.8 Å². The summed E-state index contributed by atoms with van der Waals surface area (Å²) in [7, 11) is -10.0. The van der Waals surface area contributed by atoms with Crippen LogP contribution in [0.1, 0.15) is 193 Å². The average molecular weight is 1090 g/mol. The van der Waals surface area contributed by atoms with Gasteiger partial charge in [-0.05, 0) is 86.9 Å². The summed E-state index contributed by atoms with van der Waals surface area (Å²) in [6.07, 6.45) is 24.0. The Bertz CT molecular complexity index is 2220. The molecule has 1 aromatic heterocycles. The van der Waals surface area contributed by atoms with Crippen molar-refractivity contribution < 1.29 is 60.2 Å². The Morgan fingerprint density at radius 1 is 0.613 bits per heavy atom. The van der Waals surface area contributed by atoms with Crippen molar-refractivity contribution in [3.63, 3.8) is 0 Å². The molecule has 0 radical (unpaired) electrons. The number of rotatable bonds is 38. The average Bonchev–Trinajstić information content (AvgIpc) is 3.87. The van der Waals surface area contributed by atoms with Crippen LogP contribution in [0.4, 0.5) is 0 Å². The number of nitrogens with one attached hydrogen (secondary N) is 1. The first kappa shape index (κ1) is 65.3. The number of aromatic amines is 1. The first-order chi connectivity index (χ1) is 36.0. The molecule has 0 saturated carbocycles. The predicted octanol–water partition coefficient (Wildman–Crippen LogP) is 13.5. The van der Waals surface area contributed by atoms with Crippen LogP contribution in [0.2, 0.25) is 0 Å². The third-order valence-electron chi connectivity index (χ3n) is 12.8. The monoisotopic (exact) mass is 1090 g/mol. The van der Waals surface area contributed by atoms with Gasteiger partial charge in [0, 0.05) is 24.6 Å².